The minimum Gasteiger partial charge on any atom is -0.496 e. The smallest absolute Gasteiger partial charge is 0.114 e. The third-order valence-corrected chi connectivity index (χ3v) is 3.08. The Labute approximate surface area is 110 Å². The van der Waals surface area contributed by atoms with Crippen molar-refractivity contribution in [2.45, 2.75) is 13.3 Å². The molecule has 0 saturated carbocycles. The normalized spacial score (nSPS) is 16.6. The van der Waals surface area contributed by atoms with E-state index in [0.717, 1.165) is 22.3 Å². The summed E-state index contributed by atoms with van der Waals surface area (Å²) >= 11 is 3.41. The molecule has 1 heterocycles. The molecule has 0 atom stereocenters. The van der Waals surface area contributed by atoms with Gasteiger partial charge in [-0.2, -0.15) is 0 Å². The van der Waals surface area contributed by atoms with Crippen LogP contribution in [0, 0.1) is 0 Å². The quantitative estimate of drug-likeness (QED) is 0.833. The number of rotatable bonds is 4. The lowest BCUT2D eigenvalue weighted by molar-refractivity contribution is 0.300. The number of halogens is 1. The molecule has 17 heavy (non-hydrogen) atoms. The molecule has 0 saturated heterocycles. The Hall–Kier alpha value is -1.42. The average molecular weight is 295 g/mol. The average Bonchev–Trinajstić information content (AvgIpc) is 2.86. The van der Waals surface area contributed by atoms with Crippen molar-refractivity contribution in [1.82, 2.24) is 5.43 Å². The lowest BCUT2D eigenvalue weighted by Gasteiger charge is -2.13. The molecule has 4 heteroatoms. The molecule has 0 amide bonds. The zero-order chi connectivity index (χ0) is 12.1. The second-order valence-corrected chi connectivity index (χ2v) is 4.64. The molecule has 90 valence electrons. The van der Waals surface area contributed by atoms with E-state index < -0.39 is 0 Å². The Morgan fingerprint density at radius 3 is 2.71 bits per heavy atom. The second-order valence-electron chi connectivity index (χ2n) is 3.73. The molecule has 3 nitrogen and oxygen atoms in total. The lowest BCUT2D eigenvalue weighted by Crippen LogP contribution is -2.22. The van der Waals surface area contributed by atoms with Crippen LogP contribution in [0.3, 0.4) is 0 Å². The van der Waals surface area contributed by atoms with Crippen LogP contribution >= 0.6 is 15.9 Å². The van der Waals surface area contributed by atoms with Gasteiger partial charge in [0.2, 0.25) is 0 Å². The molecule has 0 aliphatic carbocycles. The molecule has 0 radical (unpaired) electrons. The first kappa shape index (κ1) is 12.0. The fourth-order valence-corrected chi connectivity index (χ4v) is 1.84. The van der Waals surface area contributed by atoms with Crippen molar-refractivity contribution < 1.29 is 4.74 Å². The van der Waals surface area contributed by atoms with Crippen molar-refractivity contribution >= 4 is 21.6 Å². The van der Waals surface area contributed by atoms with Gasteiger partial charge < -0.3 is 15.6 Å². The van der Waals surface area contributed by atoms with Crippen LogP contribution in [0.4, 0.5) is 5.69 Å². The van der Waals surface area contributed by atoms with Crippen molar-refractivity contribution in [3.05, 3.63) is 52.3 Å². The first-order valence-corrected chi connectivity index (χ1v) is 6.36. The maximum atomic E-state index is 5.20. The van der Waals surface area contributed by atoms with Crippen molar-refractivity contribution in [3.63, 3.8) is 0 Å². The van der Waals surface area contributed by atoms with Gasteiger partial charge in [-0.1, -0.05) is 22.9 Å². The minimum atomic E-state index is 0.651. The molecule has 0 unspecified atom stereocenters. The van der Waals surface area contributed by atoms with Crippen molar-refractivity contribution in [1.29, 1.82) is 0 Å². The topological polar surface area (TPSA) is 33.3 Å². The predicted molar refractivity (Wildman–Crippen MR) is 73.3 cm³/mol. The number of hydrogen-bond donors (Lipinski definition) is 2. The predicted octanol–water partition coefficient (Wildman–Crippen LogP) is 3.57. The summed E-state index contributed by atoms with van der Waals surface area (Å²) in [5.74, 6) is 0. The van der Waals surface area contributed by atoms with Crippen LogP contribution in [-0.4, -0.2) is 6.61 Å². The summed E-state index contributed by atoms with van der Waals surface area (Å²) in [6.45, 7) is 2.77. The number of ether oxygens (including phenoxy) is 1. The SMILES string of the molecule is CCC(NNc1ccc(Br)cc1)=C1C=COC1. The largest absolute Gasteiger partial charge is 0.496 e. The zero-order valence-electron chi connectivity index (χ0n) is 9.66. The van der Waals surface area contributed by atoms with E-state index in [0.29, 0.717) is 6.61 Å². The first-order chi connectivity index (χ1) is 8.29. The summed E-state index contributed by atoms with van der Waals surface area (Å²) in [5, 5.41) is 0. The van der Waals surface area contributed by atoms with E-state index >= 15 is 0 Å². The maximum Gasteiger partial charge on any atom is 0.114 e. The number of benzene rings is 1. The number of anilines is 1. The molecule has 0 spiro atoms. The van der Waals surface area contributed by atoms with E-state index in [4.69, 9.17) is 4.74 Å². The van der Waals surface area contributed by atoms with Gasteiger partial charge in [-0.15, -0.1) is 0 Å². The van der Waals surface area contributed by atoms with Crippen LogP contribution in [0.5, 0.6) is 0 Å². The summed E-state index contributed by atoms with van der Waals surface area (Å²) in [4.78, 5) is 0. The minimum absolute atomic E-state index is 0.651. The van der Waals surface area contributed by atoms with Crippen LogP contribution in [0.25, 0.3) is 0 Å². The monoisotopic (exact) mass is 294 g/mol. The van der Waals surface area contributed by atoms with E-state index in [1.165, 1.54) is 5.57 Å². The van der Waals surface area contributed by atoms with Crippen molar-refractivity contribution in [2.75, 3.05) is 12.0 Å². The summed E-state index contributed by atoms with van der Waals surface area (Å²) in [6, 6.07) is 8.02. The molecular weight excluding hydrogens is 280 g/mol. The van der Waals surface area contributed by atoms with Gasteiger partial charge in [0.15, 0.2) is 0 Å². The van der Waals surface area contributed by atoms with Crippen LogP contribution in [-0.2, 0) is 4.74 Å². The third kappa shape index (κ3) is 3.27. The Balaban J connectivity index is 1.99. The van der Waals surface area contributed by atoms with Gasteiger partial charge >= 0.3 is 0 Å². The highest BCUT2D eigenvalue weighted by Gasteiger charge is 2.06. The second kappa shape index (κ2) is 5.77. The molecule has 2 rings (SSSR count). The van der Waals surface area contributed by atoms with Gasteiger partial charge in [0.1, 0.15) is 6.61 Å². The number of allylic oxidation sites excluding steroid dienone is 1. The number of hydrogen-bond acceptors (Lipinski definition) is 3. The molecule has 0 bridgehead atoms. The molecule has 1 aromatic rings. The van der Waals surface area contributed by atoms with Crippen molar-refractivity contribution in [2.24, 2.45) is 0 Å². The van der Waals surface area contributed by atoms with E-state index in [-0.39, 0.29) is 0 Å². The van der Waals surface area contributed by atoms with Gasteiger partial charge in [-0.25, -0.2) is 0 Å². The first-order valence-electron chi connectivity index (χ1n) is 5.57. The summed E-state index contributed by atoms with van der Waals surface area (Å²) in [6.07, 6.45) is 4.66. The van der Waals surface area contributed by atoms with Gasteiger partial charge in [0, 0.05) is 15.7 Å². The van der Waals surface area contributed by atoms with Gasteiger partial charge in [-0.3, -0.25) is 0 Å². The lowest BCUT2D eigenvalue weighted by atomic mass is 10.2. The molecule has 1 aliphatic heterocycles. The maximum absolute atomic E-state index is 5.20. The summed E-state index contributed by atoms with van der Waals surface area (Å²) in [5.41, 5.74) is 9.79. The molecule has 1 aliphatic rings. The Kier molecular flexibility index (Phi) is 4.09. The Bertz CT molecular complexity index is 437. The zero-order valence-corrected chi connectivity index (χ0v) is 11.3. The van der Waals surface area contributed by atoms with Crippen molar-refractivity contribution in [3.8, 4) is 0 Å². The standard InChI is InChI=1S/C13H15BrN2O/c1-2-13(10-7-8-17-9-10)16-15-12-5-3-11(14)4-6-12/h3-8,15-16H,2,9H2,1H3. The van der Waals surface area contributed by atoms with Gasteiger partial charge in [0.05, 0.1) is 11.9 Å². The van der Waals surface area contributed by atoms with Gasteiger partial charge in [-0.05, 0) is 36.8 Å². The van der Waals surface area contributed by atoms with Crippen LogP contribution in [0.1, 0.15) is 13.3 Å². The van der Waals surface area contributed by atoms with Crippen LogP contribution in [0.15, 0.2) is 52.3 Å². The van der Waals surface area contributed by atoms with Crippen LogP contribution < -0.4 is 10.9 Å². The van der Waals surface area contributed by atoms with E-state index in [1.807, 2.05) is 30.3 Å². The fourth-order valence-electron chi connectivity index (χ4n) is 1.58. The highest BCUT2D eigenvalue weighted by Crippen LogP contribution is 2.16. The van der Waals surface area contributed by atoms with E-state index in [9.17, 15) is 0 Å². The summed E-state index contributed by atoms with van der Waals surface area (Å²) < 4.78 is 6.27. The number of hydrazine groups is 1. The molecule has 0 aromatic heterocycles. The van der Waals surface area contributed by atoms with Gasteiger partial charge in [0.25, 0.3) is 0 Å². The highest BCUT2D eigenvalue weighted by atomic mass is 79.9. The third-order valence-electron chi connectivity index (χ3n) is 2.55. The van der Waals surface area contributed by atoms with E-state index in [2.05, 4.69) is 33.7 Å². The highest BCUT2D eigenvalue weighted by molar-refractivity contribution is 9.10. The Morgan fingerprint density at radius 1 is 1.35 bits per heavy atom. The Morgan fingerprint density at radius 2 is 2.12 bits per heavy atom. The molecule has 0 fully saturated rings. The van der Waals surface area contributed by atoms with Crippen LogP contribution in [0.2, 0.25) is 0 Å². The molecular formula is C13H15BrN2O. The molecule has 1 aromatic carbocycles. The summed E-state index contributed by atoms with van der Waals surface area (Å²) in [7, 11) is 0. The van der Waals surface area contributed by atoms with E-state index in [1.54, 1.807) is 6.26 Å². The molecule has 2 N–H and O–H groups in total. The number of nitrogens with one attached hydrogen (secondary N) is 2. The fraction of sp³-hybridized carbons (Fsp3) is 0.231.